The molecule has 2 amide bonds. The van der Waals surface area contributed by atoms with Crippen LogP contribution in [0.25, 0.3) is 0 Å². The van der Waals surface area contributed by atoms with Gasteiger partial charge in [-0.25, -0.2) is 4.98 Å². The van der Waals surface area contributed by atoms with Gasteiger partial charge < -0.3 is 15.5 Å². The lowest BCUT2D eigenvalue weighted by Crippen LogP contribution is -2.37. The lowest BCUT2D eigenvalue weighted by atomic mass is 10.3. The second-order valence-electron chi connectivity index (χ2n) is 4.85. The SMILES string of the molecule is CCC(=O)N1CCCN(C(=O)c2sc(N)nc2C)CC1. The number of anilines is 1. The molecule has 1 fully saturated rings. The zero-order chi connectivity index (χ0) is 14.7. The minimum atomic E-state index is -0.0255. The van der Waals surface area contributed by atoms with Crippen LogP contribution in [0.2, 0.25) is 0 Å². The first-order chi connectivity index (χ1) is 9.52. The van der Waals surface area contributed by atoms with Crippen LogP contribution in [-0.2, 0) is 4.79 Å². The predicted molar refractivity (Wildman–Crippen MR) is 78.7 cm³/mol. The summed E-state index contributed by atoms with van der Waals surface area (Å²) in [6, 6.07) is 0. The van der Waals surface area contributed by atoms with Crippen molar-refractivity contribution < 1.29 is 9.59 Å². The van der Waals surface area contributed by atoms with Gasteiger partial charge in [-0.05, 0) is 13.3 Å². The molecule has 0 aromatic carbocycles. The molecule has 0 unspecified atom stereocenters. The standard InChI is InChI=1S/C13H20N4O2S/c1-3-10(18)16-5-4-6-17(8-7-16)12(19)11-9(2)15-13(14)20-11/h3-8H2,1-2H3,(H2,14,15). The van der Waals surface area contributed by atoms with Crippen molar-refractivity contribution >= 4 is 28.3 Å². The molecule has 2 N–H and O–H groups in total. The summed E-state index contributed by atoms with van der Waals surface area (Å²) in [5, 5.41) is 0.420. The van der Waals surface area contributed by atoms with Gasteiger partial charge in [-0.15, -0.1) is 0 Å². The van der Waals surface area contributed by atoms with Crippen molar-refractivity contribution in [3.63, 3.8) is 0 Å². The molecule has 1 aliphatic rings. The van der Waals surface area contributed by atoms with Gasteiger partial charge in [-0.3, -0.25) is 9.59 Å². The highest BCUT2D eigenvalue weighted by Crippen LogP contribution is 2.22. The molecular formula is C13H20N4O2S. The third-order valence-corrected chi connectivity index (χ3v) is 4.42. The van der Waals surface area contributed by atoms with Crippen molar-refractivity contribution in [2.24, 2.45) is 0 Å². The van der Waals surface area contributed by atoms with Gasteiger partial charge in [0.15, 0.2) is 5.13 Å². The maximum absolute atomic E-state index is 12.5. The van der Waals surface area contributed by atoms with Gasteiger partial charge in [0.1, 0.15) is 4.88 Å². The first-order valence-corrected chi connectivity index (χ1v) is 7.64. The van der Waals surface area contributed by atoms with Crippen LogP contribution in [0.5, 0.6) is 0 Å². The number of hydrogen-bond acceptors (Lipinski definition) is 5. The first-order valence-electron chi connectivity index (χ1n) is 6.83. The zero-order valence-corrected chi connectivity index (χ0v) is 12.7. The van der Waals surface area contributed by atoms with Crippen LogP contribution in [0.15, 0.2) is 0 Å². The van der Waals surface area contributed by atoms with Gasteiger partial charge in [0.25, 0.3) is 5.91 Å². The Balaban J connectivity index is 2.05. The van der Waals surface area contributed by atoms with E-state index >= 15 is 0 Å². The average molecular weight is 296 g/mol. The number of rotatable bonds is 2. The summed E-state index contributed by atoms with van der Waals surface area (Å²) < 4.78 is 0. The van der Waals surface area contributed by atoms with E-state index in [1.807, 2.05) is 11.8 Å². The number of thiazole rings is 1. The lowest BCUT2D eigenvalue weighted by Gasteiger charge is -2.21. The molecule has 6 nitrogen and oxygen atoms in total. The number of nitrogens with two attached hydrogens (primary N) is 1. The van der Waals surface area contributed by atoms with Gasteiger partial charge in [0.2, 0.25) is 5.91 Å². The summed E-state index contributed by atoms with van der Waals surface area (Å²) in [6.45, 7) is 6.22. The monoisotopic (exact) mass is 296 g/mol. The zero-order valence-electron chi connectivity index (χ0n) is 11.9. The molecule has 7 heteroatoms. The number of hydrogen-bond donors (Lipinski definition) is 1. The molecule has 0 saturated carbocycles. The Labute approximate surface area is 122 Å². The van der Waals surface area contributed by atoms with Crippen molar-refractivity contribution in [1.29, 1.82) is 0 Å². The molecule has 1 aliphatic heterocycles. The maximum Gasteiger partial charge on any atom is 0.265 e. The van der Waals surface area contributed by atoms with Crippen LogP contribution >= 0.6 is 11.3 Å². The highest BCUT2D eigenvalue weighted by Gasteiger charge is 2.24. The Morgan fingerprint density at radius 2 is 1.90 bits per heavy atom. The fraction of sp³-hybridized carbons (Fsp3) is 0.615. The Bertz CT molecular complexity index is 514. The van der Waals surface area contributed by atoms with Crippen LogP contribution in [0.3, 0.4) is 0 Å². The van der Waals surface area contributed by atoms with E-state index < -0.39 is 0 Å². The number of aryl methyl sites for hydroxylation is 1. The highest BCUT2D eigenvalue weighted by atomic mass is 32.1. The smallest absolute Gasteiger partial charge is 0.265 e. The molecule has 0 aliphatic carbocycles. The Morgan fingerprint density at radius 3 is 2.50 bits per heavy atom. The highest BCUT2D eigenvalue weighted by molar-refractivity contribution is 7.17. The molecular weight excluding hydrogens is 276 g/mol. The summed E-state index contributed by atoms with van der Waals surface area (Å²) in [5.74, 6) is 0.125. The van der Waals surface area contributed by atoms with E-state index in [2.05, 4.69) is 4.98 Å². The third-order valence-electron chi connectivity index (χ3n) is 3.45. The van der Waals surface area contributed by atoms with Crippen molar-refractivity contribution in [3.8, 4) is 0 Å². The quantitative estimate of drug-likeness (QED) is 0.887. The molecule has 0 atom stereocenters. The maximum atomic E-state index is 12.5. The van der Waals surface area contributed by atoms with E-state index in [0.717, 1.165) is 13.0 Å². The number of nitrogen functional groups attached to an aromatic ring is 1. The van der Waals surface area contributed by atoms with Gasteiger partial charge in [-0.2, -0.15) is 0 Å². The normalized spacial score (nSPS) is 16.1. The number of carbonyl (C=O) groups is 2. The molecule has 0 radical (unpaired) electrons. The largest absolute Gasteiger partial charge is 0.375 e. The lowest BCUT2D eigenvalue weighted by molar-refractivity contribution is -0.130. The molecule has 2 heterocycles. The summed E-state index contributed by atoms with van der Waals surface area (Å²) in [5.41, 5.74) is 6.32. The molecule has 1 saturated heterocycles. The van der Waals surface area contributed by atoms with Crippen molar-refractivity contribution in [1.82, 2.24) is 14.8 Å². The Kier molecular flexibility index (Phi) is 4.59. The molecule has 0 bridgehead atoms. The first kappa shape index (κ1) is 14.8. The Morgan fingerprint density at radius 1 is 1.25 bits per heavy atom. The van der Waals surface area contributed by atoms with Gasteiger partial charge in [0, 0.05) is 32.6 Å². The molecule has 110 valence electrons. The van der Waals surface area contributed by atoms with Gasteiger partial charge >= 0.3 is 0 Å². The number of nitrogens with zero attached hydrogens (tertiary/aromatic N) is 3. The van der Waals surface area contributed by atoms with Gasteiger partial charge in [0.05, 0.1) is 5.69 Å². The molecule has 0 spiro atoms. The van der Waals surface area contributed by atoms with Crippen molar-refractivity contribution in [3.05, 3.63) is 10.6 Å². The summed E-state index contributed by atoms with van der Waals surface area (Å²) in [6.07, 6.45) is 1.32. The van der Waals surface area contributed by atoms with Gasteiger partial charge in [-0.1, -0.05) is 18.3 Å². The molecule has 1 aromatic rings. The van der Waals surface area contributed by atoms with E-state index in [4.69, 9.17) is 5.73 Å². The van der Waals surface area contributed by atoms with Crippen LogP contribution < -0.4 is 5.73 Å². The summed E-state index contributed by atoms with van der Waals surface area (Å²) >= 11 is 1.23. The Hall–Kier alpha value is -1.63. The van der Waals surface area contributed by atoms with Crippen LogP contribution in [0.1, 0.15) is 35.1 Å². The average Bonchev–Trinajstić information content (AvgIpc) is 2.66. The fourth-order valence-electron chi connectivity index (χ4n) is 2.35. The second-order valence-corrected chi connectivity index (χ2v) is 5.88. The van der Waals surface area contributed by atoms with E-state index in [1.54, 1.807) is 11.8 Å². The fourth-order valence-corrected chi connectivity index (χ4v) is 3.15. The van der Waals surface area contributed by atoms with E-state index in [0.29, 0.717) is 41.8 Å². The summed E-state index contributed by atoms with van der Waals surface area (Å²) in [4.78, 5) is 32.5. The van der Waals surface area contributed by atoms with Crippen molar-refractivity contribution in [2.75, 3.05) is 31.9 Å². The van der Waals surface area contributed by atoms with E-state index in [1.165, 1.54) is 11.3 Å². The minimum absolute atomic E-state index is 0.0255. The van der Waals surface area contributed by atoms with Crippen LogP contribution in [0, 0.1) is 6.92 Å². The number of amides is 2. The minimum Gasteiger partial charge on any atom is -0.375 e. The van der Waals surface area contributed by atoms with Crippen LogP contribution in [0.4, 0.5) is 5.13 Å². The number of carbonyl (C=O) groups excluding carboxylic acids is 2. The van der Waals surface area contributed by atoms with E-state index in [-0.39, 0.29) is 11.8 Å². The van der Waals surface area contributed by atoms with Crippen LogP contribution in [-0.4, -0.2) is 52.8 Å². The summed E-state index contributed by atoms with van der Waals surface area (Å²) in [7, 11) is 0. The predicted octanol–water partition coefficient (Wildman–Crippen LogP) is 1.12. The topological polar surface area (TPSA) is 79.5 Å². The molecule has 1 aromatic heterocycles. The molecule has 2 rings (SSSR count). The second kappa shape index (κ2) is 6.21. The molecule has 20 heavy (non-hydrogen) atoms. The van der Waals surface area contributed by atoms with E-state index in [9.17, 15) is 9.59 Å². The third kappa shape index (κ3) is 3.09. The number of aromatic nitrogens is 1. The van der Waals surface area contributed by atoms with Crippen molar-refractivity contribution in [2.45, 2.75) is 26.7 Å².